The van der Waals surface area contributed by atoms with E-state index in [1.807, 2.05) is 54.5 Å². The minimum Gasteiger partial charge on any atom is -0.372 e. The van der Waals surface area contributed by atoms with Gasteiger partial charge in [-0.2, -0.15) is 0 Å². The largest absolute Gasteiger partial charge is 0.372 e. The van der Waals surface area contributed by atoms with Crippen molar-refractivity contribution in [2.75, 3.05) is 13.1 Å². The Morgan fingerprint density at radius 2 is 1.96 bits per heavy atom. The molecule has 126 valence electrons. The average Bonchev–Trinajstić information content (AvgIpc) is 3.05. The van der Waals surface area contributed by atoms with Gasteiger partial charge in [0.1, 0.15) is 0 Å². The third-order valence-corrected chi connectivity index (χ3v) is 4.98. The van der Waals surface area contributed by atoms with Gasteiger partial charge in [-0.25, -0.2) is 0 Å². The molecule has 0 aliphatic carbocycles. The van der Waals surface area contributed by atoms with E-state index in [9.17, 15) is 4.79 Å². The van der Waals surface area contributed by atoms with Crippen LogP contribution in [0.25, 0.3) is 11.6 Å². The molecule has 3 rings (SSSR count). The third kappa shape index (κ3) is 3.94. The Hall–Kier alpha value is -1.91. The number of hydrogen-bond donors (Lipinski definition) is 0. The maximum Gasteiger partial charge on any atom is 0.255 e. The van der Waals surface area contributed by atoms with Gasteiger partial charge < -0.3 is 9.64 Å². The first-order valence-electron chi connectivity index (χ1n) is 8.30. The van der Waals surface area contributed by atoms with Gasteiger partial charge in [-0.15, -0.1) is 11.3 Å². The number of carbonyl (C=O) groups excluding carboxylic acids is 1. The van der Waals surface area contributed by atoms with Crippen LogP contribution in [0.5, 0.6) is 0 Å². The molecular formula is C20H23NO2S. The highest BCUT2D eigenvalue weighted by molar-refractivity contribution is 7.11. The molecule has 2 unspecified atom stereocenters. The minimum absolute atomic E-state index is 0.0706. The van der Waals surface area contributed by atoms with E-state index in [0.29, 0.717) is 13.1 Å². The molecule has 1 saturated heterocycles. The lowest BCUT2D eigenvalue weighted by Gasteiger charge is -2.35. The summed E-state index contributed by atoms with van der Waals surface area (Å²) < 4.78 is 5.76. The molecule has 1 amide bonds. The van der Waals surface area contributed by atoms with Crippen LogP contribution in [-0.4, -0.2) is 36.1 Å². The van der Waals surface area contributed by atoms with Gasteiger partial charge in [0.05, 0.1) is 17.8 Å². The first-order valence-corrected chi connectivity index (χ1v) is 9.18. The Kier molecular flexibility index (Phi) is 5.17. The van der Waals surface area contributed by atoms with Crippen LogP contribution in [-0.2, 0) is 9.53 Å². The highest BCUT2D eigenvalue weighted by atomic mass is 32.1. The maximum atomic E-state index is 13.2. The molecule has 0 spiro atoms. The van der Waals surface area contributed by atoms with Gasteiger partial charge >= 0.3 is 0 Å². The van der Waals surface area contributed by atoms with Crippen molar-refractivity contribution >= 4 is 28.9 Å². The van der Waals surface area contributed by atoms with Crippen LogP contribution in [0, 0.1) is 6.92 Å². The van der Waals surface area contributed by atoms with E-state index in [-0.39, 0.29) is 18.1 Å². The van der Waals surface area contributed by atoms with Gasteiger partial charge in [-0.1, -0.05) is 35.9 Å². The number of rotatable bonds is 3. The molecule has 0 bridgehead atoms. The number of carbonyl (C=O) groups is 1. The van der Waals surface area contributed by atoms with Crippen LogP contribution in [0.3, 0.4) is 0 Å². The van der Waals surface area contributed by atoms with E-state index in [0.717, 1.165) is 16.0 Å². The molecule has 2 heterocycles. The molecule has 4 heteroatoms. The zero-order chi connectivity index (χ0) is 17.1. The number of thiophene rings is 1. The van der Waals surface area contributed by atoms with Crippen LogP contribution >= 0.6 is 11.3 Å². The molecule has 2 atom stereocenters. The van der Waals surface area contributed by atoms with Crippen LogP contribution in [0.2, 0.25) is 0 Å². The second-order valence-electron chi connectivity index (χ2n) is 6.42. The smallest absolute Gasteiger partial charge is 0.255 e. The fourth-order valence-electron chi connectivity index (χ4n) is 3.11. The Labute approximate surface area is 147 Å². The van der Waals surface area contributed by atoms with Gasteiger partial charge in [0.15, 0.2) is 0 Å². The molecule has 0 radical (unpaired) electrons. The van der Waals surface area contributed by atoms with Gasteiger partial charge in [0.2, 0.25) is 0 Å². The minimum atomic E-state index is 0.0706. The van der Waals surface area contributed by atoms with Crippen LogP contribution < -0.4 is 0 Å². The highest BCUT2D eigenvalue weighted by Gasteiger charge is 2.28. The van der Waals surface area contributed by atoms with Crippen LogP contribution in [0.4, 0.5) is 0 Å². The lowest BCUT2D eigenvalue weighted by Crippen LogP contribution is -2.48. The summed E-state index contributed by atoms with van der Waals surface area (Å²) in [6, 6.07) is 12.2. The maximum absolute atomic E-state index is 13.2. The number of aryl methyl sites for hydroxylation is 1. The van der Waals surface area contributed by atoms with Crippen molar-refractivity contribution in [3.63, 3.8) is 0 Å². The normalized spacial score (nSPS) is 21.8. The molecule has 3 nitrogen and oxygen atoms in total. The van der Waals surface area contributed by atoms with Gasteiger partial charge in [-0.3, -0.25) is 4.79 Å². The highest BCUT2D eigenvalue weighted by Crippen LogP contribution is 2.26. The molecule has 1 aliphatic rings. The Morgan fingerprint density at radius 1 is 1.21 bits per heavy atom. The molecule has 0 N–H and O–H groups in total. The molecular weight excluding hydrogens is 318 g/mol. The standard InChI is InChI=1S/C20H23NO2S/c1-14-6-4-7-17(10-14)11-18(19-8-5-9-24-19)20(22)21-12-15(2)23-16(3)13-21/h4-11,15-16H,12-13H2,1-3H3. The molecule has 0 saturated carbocycles. The van der Waals surface area contributed by atoms with Crippen molar-refractivity contribution in [3.05, 3.63) is 57.8 Å². The Balaban J connectivity index is 1.95. The fourth-order valence-corrected chi connectivity index (χ4v) is 3.84. The third-order valence-electron chi connectivity index (χ3n) is 4.08. The summed E-state index contributed by atoms with van der Waals surface area (Å²) in [7, 11) is 0. The number of hydrogen-bond acceptors (Lipinski definition) is 3. The second kappa shape index (κ2) is 7.32. The summed E-state index contributed by atoms with van der Waals surface area (Å²) in [6.45, 7) is 7.38. The molecule has 1 aliphatic heterocycles. The second-order valence-corrected chi connectivity index (χ2v) is 7.36. The summed E-state index contributed by atoms with van der Waals surface area (Å²) in [5.74, 6) is 0.0842. The monoisotopic (exact) mass is 341 g/mol. The van der Waals surface area contributed by atoms with Crippen molar-refractivity contribution in [2.24, 2.45) is 0 Å². The van der Waals surface area contributed by atoms with Crippen molar-refractivity contribution in [3.8, 4) is 0 Å². The quantitative estimate of drug-likeness (QED) is 0.782. The lowest BCUT2D eigenvalue weighted by atomic mass is 10.1. The summed E-state index contributed by atoms with van der Waals surface area (Å²) in [4.78, 5) is 16.1. The van der Waals surface area contributed by atoms with Gasteiger partial charge in [-0.05, 0) is 43.9 Å². The molecule has 1 fully saturated rings. The predicted molar refractivity (Wildman–Crippen MR) is 100.0 cm³/mol. The zero-order valence-corrected chi connectivity index (χ0v) is 15.2. The Bertz CT molecular complexity index is 726. The van der Waals surface area contributed by atoms with Crippen molar-refractivity contribution in [1.82, 2.24) is 4.90 Å². The van der Waals surface area contributed by atoms with Crippen molar-refractivity contribution in [2.45, 2.75) is 33.0 Å². The summed E-state index contributed by atoms with van der Waals surface area (Å²) in [5, 5.41) is 2.01. The predicted octanol–water partition coefficient (Wildman–Crippen LogP) is 4.23. The molecule has 1 aromatic heterocycles. The van der Waals surface area contributed by atoms with E-state index in [1.54, 1.807) is 11.3 Å². The average molecular weight is 341 g/mol. The molecule has 24 heavy (non-hydrogen) atoms. The number of amides is 1. The van der Waals surface area contributed by atoms with E-state index in [4.69, 9.17) is 4.74 Å². The molecule has 1 aromatic carbocycles. The van der Waals surface area contributed by atoms with E-state index in [1.165, 1.54) is 5.56 Å². The topological polar surface area (TPSA) is 29.5 Å². The lowest BCUT2D eigenvalue weighted by molar-refractivity contribution is -0.136. The number of ether oxygens (including phenoxy) is 1. The van der Waals surface area contributed by atoms with Gasteiger partial charge in [0.25, 0.3) is 5.91 Å². The number of benzene rings is 1. The van der Waals surface area contributed by atoms with Crippen molar-refractivity contribution < 1.29 is 9.53 Å². The van der Waals surface area contributed by atoms with E-state index in [2.05, 4.69) is 19.1 Å². The fraction of sp³-hybridized carbons (Fsp3) is 0.350. The Morgan fingerprint density at radius 3 is 2.58 bits per heavy atom. The van der Waals surface area contributed by atoms with E-state index >= 15 is 0 Å². The summed E-state index contributed by atoms with van der Waals surface area (Å²) in [6.07, 6.45) is 2.15. The van der Waals surface area contributed by atoms with Crippen molar-refractivity contribution in [1.29, 1.82) is 0 Å². The summed E-state index contributed by atoms with van der Waals surface area (Å²) >= 11 is 1.60. The SMILES string of the molecule is Cc1cccc(C=C(C(=O)N2CC(C)OC(C)C2)c2cccs2)c1. The zero-order valence-electron chi connectivity index (χ0n) is 14.4. The van der Waals surface area contributed by atoms with Gasteiger partial charge in [0, 0.05) is 18.0 Å². The first-order chi connectivity index (χ1) is 11.5. The number of morpholine rings is 1. The van der Waals surface area contributed by atoms with Crippen LogP contribution in [0.1, 0.15) is 29.9 Å². The van der Waals surface area contributed by atoms with Crippen LogP contribution in [0.15, 0.2) is 41.8 Å². The van der Waals surface area contributed by atoms with E-state index < -0.39 is 0 Å². The summed E-state index contributed by atoms with van der Waals surface area (Å²) in [5.41, 5.74) is 3.01. The number of nitrogens with zero attached hydrogens (tertiary/aromatic N) is 1. The first kappa shape index (κ1) is 16.9. The molecule has 2 aromatic rings.